The third kappa shape index (κ3) is 5.81. The van der Waals surface area contributed by atoms with E-state index < -0.39 is 0 Å². The summed E-state index contributed by atoms with van der Waals surface area (Å²) in [4.78, 5) is 25.4. The van der Waals surface area contributed by atoms with Crippen molar-refractivity contribution in [3.8, 4) is 0 Å². The second-order valence-corrected chi connectivity index (χ2v) is 7.18. The molecule has 1 aliphatic rings. The summed E-state index contributed by atoms with van der Waals surface area (Å²) >= 11 is 0. The van der Waals surface area contributed by atoms with Crippen molar-refractivity contribution in [2.24, 2.45) is 5.92 Å². The number of nitrogens with one attached hydrogen (secondary N) is 3. The molecule has 1 unspecified atom stereocenters. The van der Waals surface area contributed by atoms with Gasteiger partial charge >= 0.3 is 0 Å². The van der Waals surface area contributed by atoms with Crippen molar-refractivity contribution in [3.05, 3.63) is 30.1 Å². The summed E-state index contributed by atoms with van der Waals surface area (Å²) in [5, 5.41) is 5.87. The van der Waals surface area contributed by atoms with Gasteiger partial charge in [0.05, 0.1) is 7.05 Å². The number of quaternary nitrogens is 1. The number of hydrogen-bond donors (Lipinski definition) is 3. The molecule has 0 radical (unpaired) electrons. The molecular formula is C19H29FN3O2+. The zero-order valence-corrected chi connectivity index (χ0v) is 15.3. The molecule has 1 aromatic carbocycles. The number of hydrogen-bond acceptors (Lipinski definition) is 2. The summed E-state index contributed by atoms with van der Waals surface area (Å²) in [5.74, 6) is -0.0458. The van der Waals surface area contributed by atoms with Gasteiger partial charge in [0.2, 0.25) is 0 Å². The summed E-state index contributed by atoms with van der Waals surface area (Å²) in [5.41, 5.74) is 0.548. The lowest BCUT2D eigenvalue weighted by atomic mass is 9.86. The van der Waals surface area contributed by atoms with E-state index in [0.29, 0.717) is 11.6 Å². The molecule has 0 heterocycles. The van der Waals surface area contributed by atoms with Crippen molar-refractivity contribution >= 4 is 17.5 Å². The molecule has 138 valence electrons. The Morgan fingerprint density at radius 2 is 1.88 bits per heavy atom. The quantitative estimate of drug-likeness (QED) is 0.725. The molecule has 2 rings (SSSR count). The fourth-order valence-electron chi connectivity index (χ4n) is 3.21. The Bertz CT molecular complexity index is 591. The second-order valence-electron chi connectivity index (χ2n) is 7.18. The third-order valence-electron chi connectivity index (χ3n) is 5.14. The van der Waals surface area contributed by atoms with Gasteiger partial charge < -0.3 is 15.5 Å². The fourth-order valence-corrected chi connectivity index (χ4v) is 3.21. The predicted octanol–water partition coefficient (Wildman–Crippen LogP) is 1.36. The number of anilines is 1. The molecule has 1 aromatic rings. The van der Waals surface area contributed by atoms with Gasteiger partial charge in [0, 0.05) is 11.7 Å². The SMILES string of the molecule is C[C@@H]1CCCC[C@@H]1NC(=O)[C@@H](C)[NH+](C)CC(=O)Nc1ccc(F)cc1. The van der Waals surface area contributed by atoms with Gasteiger partial charge in [-0.25, -0.2) is 4.39 Å². The van der Waals surface area contributed by atoms with Crippen molar-refractivity contribution in [1.82, 2.24) is 5.32 Å². The van der Waals surface area contributed by atoms with Gasteiger partial charge in [-0.3, -0.25) is 9.59 Å². The molecule has 3 N–H and O–H groups in total. The summed E-state index contributed by atoms with van der Waals surface area (Å²) in [6.45, 7) is 4.19. The maximum Gasteiger partial charge on any atom is 0.279 e. The highest BCUT2D eigenvalue weighted by Gasteiger charge is 2.29. The van der Waals surface area contributed by atoms with Crippen LogP contribution in [0.3, 0.4) is 0 Å². The van der Waals surface area contributed by atoms with Crippen LogP contribution in [0.1, 0.15) is 39.5 Å². The van der Waals surface area contributed by atoms with Crippen LogP contribution in [-0.4, -0.2) is 37.5 Å². The first-order valence-electron chi connectivity index (χ1n) is 9.05. The van der Waals surface area contributed by atoms with Crippen molar-refractivity contribution < 1.29 is 18.9 Å². The number of benzene rings is 1. The van der Waals surface area contributed by atoms with Crippen LogP contribution in [0.4, 0.5) is 10.1 Å². The molecule has 1 saturated carbocycles. The Hall–Kier alpha value is -1.95. The third-order valence-corrected chi connectivity index (χ3v) is 5.14. The summed E-state index contributed by atoms with van der Waals surface area (Å²) in [6.07, 6.45) is 4.58. The Morgan fingerprint density at radius 1 is 1.24 bits per heavy atom. The average molecular weight is 350 g/mol. The lowest BCUT2D eigenvalue weighted by molar-refractivity contribution is -0.885. The van der Waals surface area contributed by atoms with Gasteiger partial charge in [-0.05, 0) is 49.9 Å². The maximum absolute atomic E-state index is 12.9. The first kappa shape index (κ1) is 19.4. The zero-order valence-electron chi connectivity index (χ0n) is 15.3. The van der Waals surface area contributed by atoms with Gasteiger partial charge in [-0.1, -0.05) is 19.8 Å². The molecule has 0 saturated heterocycles. The van der Waals surface area contributed by atoms with Crippen LogP contribution in [0.5, 0.6) is 0 Å². The molecule has 0 bridgehead atoms. The molecule has 0 aromatic heterocycles. The molecule has 0 spiro atoms. The van der Waals surface area contributed by atoms with Gasteiger partial charge in [0.25, 0.3) is 11.8 Å². The van der Waals surface area contributed by atoms with Crippen LogP contribution in [0.25, 0.3) is 0 Å². The van der Waals surface area contributed by atoms with E-state index in [-0.39, 0.29) is 36.3 Å². The number of carbonyl (C=O) groups is 2. The van der Waals surface area contributed by atoms with Gasteiger partial charge in [0.1, 0.15) is 5.82 Å². The Balaban J connectivity index is 1.81. The minimum atomic E-state index is -0.344. The molecule has 2 amide bonds. The zero-order chi connectivity index (χ0) is 18.4. The van der Waals surface area contributed by atoms with E-state index in [2.05, 4.69) is 17.6 Å². The van der Waals surface area contributed by atoms with Gasteiger partial charge in [-0.15, -0.1) is 0 Å². The number of likely N-dealkylation sites (N-methyl/N-ethyl adjacent to an activating group) is 1. The van der Waals surface area contributed by atoms with Crippen LogP contribution < -0.4 is 15.5 Å². The van der Waals surface area contributed by atoms with E-state index in [1.54, 1.807) is 0 Å². The van der Waals surface area contributed by atoms with Gasteiger partial charge in [-0.2, -0.15) is 0 Å². The van der Waals surface area contributed by atoms with Crippen molar-refractivity contribution in [2.45, 2.75) is 51.6 Å². The summed E-state index contributed by atoms with van der Waals surface area (Å²) in [7, 11) is 1.83. The van der Waals surface area contributed by atoms with E-state index in [9.17, 15) is 14.0 Å². The maximum atomic E-state index is 12.9. The number of halogens is 1. The highest BCUT2D eigenvalue weighted by molar-refractivity contribution is 5.91. The largest absolute Gasteiger partial charge is 0.348 e. The molecular weight excluding hydrogens is 321 g/mol. The second kappa shape index (κ2) is 8.94. The Kier molecular flexibility index (Phi) is 6.93. The van der Waals surface area contributed by atoms with Crippen molar-refractivity contribution in [3.63, 3.8) is 0 Å². The monoisotopic (exact) mass is 350 g/mol. The molecule has 4 atom stereocenters. The Morgan fingerprint density at radius 3 is 2.52 bits per heavy atom. The lowest BCUT2D eigenvalue weighted by Gasteiger charge is -2.31. The van der Waals surface area contributed by atoms with Crippen LogP contribution in [0, 0.1) is 11.7 Å². The van der Waals surface area contributed by atoms with Crippen LogP contribution >= 0.6 is 0 Å². The predicted molar refractivity (Wildman–Crippen MR) is 95.8 cm³/mol. The fraction of sp³-hybridized carbons (Fsp3) is 0.579. The normalized spacial score (nSPS) is 22.7. The molecule has 1 aliphatic carbocycles. The van der Waals surface area contributed by atoms with Crippen LogP contribution in [0.15, 0.2) is 24.3 Å². The number of rotatable bonds is 6. The first-order valence-corrected chi connectivity index (χ1v) is 9.05. The molecule has 25 heavy (non-hydrogen) atoms. The number of amides is 2. The minimum Gasteiger partial charge on any atom is -0.348 e. The smallest absolute Gasteiger partial charge is 0.279 e. The van der Waals surface area contributed by atoms with E-state index in [0.717, 1.165) is 24.2 Å². The number of carbonyl (C=O) groups excluding carboxylic acids is 2. The van der Waals surface area contributed by atoms with E-state index >= 15 is 0 Å². The van der Waals surface area contributed by atoms with E-state index in [4.69, 9.17) is 0 Å². The van der Waals surface area contributed by atoms with E-state index in [1.165, 1.54) is 30.7 Å². The Labute approximate surface area is 149 Å². The summed E-state index contributed by atoms with van der Waals surface area (Å²) in [6, 6.07) is 5.56. The molecule has 1 fully saturated rings. The highest BCUT2D eigenvalue weighted by Crippen LogP contribution is 2.23. The standard InChI is InChI=1S/C19H28FN3O2/c1-13-6-4-5-7-17(13)22-19(25)14(2)23(3)12-18(24)21-16-10-8-15(20)9-11-16/h8-11,13-14,17H,4-7,12H2,1-3H3,(H,21,24)(H,22,25)/p+1/t13-,14-,17+/m1/s1. The summed E-state index contributed by atoms with van der Waals surface area (Å²) < 4.78 is 12.9. The van der Waals surface area contributed by atoms with E-state index in [1.807, 2.05) is 14.0 Å². The molecule has 6 heteroatoms. The molecule has 0 aliphatic heterocycles. The van der Waals surface area contributed by atoms with Gasteiger partial charge in [0.15, 0.2) is 12.6 Å². The van der Waals surface area contributed by atoms with Crippen molar-refractivity contribution in [1.29, 1.82) is 0 Å². The van der Waals surface area contributed by atoms with Crippen LogP contribution in [-0.2, 0) is 9.59 Å². The lowest BCUT2D eigenvalue weighted by Crippen LogP contribution is -3.15. The van der Waals surface area contributed by atoms with Crippen molar-refractivity contribution in [2.75, 3.05) is 18.9 Å². The topological polar surface area (TPSA) is 62.6 Å². The highest BCUT2D eigenvalue weighted by atomic mass is 19.1. The molecule has 5 nitrogen and oxygen atoms in total. The van der Waals surface area contributed by atoms with Crippen LogP contribution in [0.2, 0.25) is 0 Å². The average Bonchev–Trinajstić information content (AvgIpc) is 2.58. The minimum absolute atomic E-state index is 0.00849. The first-order chi connectivity index (χ1) is 11.9.